The molecule has 2 atom stereocenters. The van der Waals surface area contributed by atoms with Gasteiger partial charge in [-0.25, -0.2) is 4.79 Å². The van der Waals surface area contributed by atoms with Crippen LogP contribution in [-0.2, 0) is 19.0 Å². The van der Waals surface area contributed by atoms with Crippen molar-refractivity contribution in [2.24, 2.45) is 17.3 Å². The summed E-state index contributed by atoms with van der Waals surface area (Å²) in [5, 5.41) is 7.12. The van der Waals surface area contributed by atoms with E-state index in [-0.39, 0.29) is 5.41 Å². The Labute approximate surface area is 176 Å². The number of hydrogen-bond acceptors (Lipinski definition) is 5. The Morgan fingerprint density at radius 3 is 2.43 bits per heavy atom. The van der Waals surface area contributed by atoms with Gasteiger partial charge in [-0.15, -0.1) is 0 Å². The molecule has 4 aliphatic rings. The lowest BCUT2D eigenvalue weighted by Gasteiger charge is -2.51. The molecule has 3 heterocycles. The number of carbonyl (C=O) groups is 1. The summed E-state index contributed by atoms with van der Waals surface area (Å²) in [7, 11) is 0. The van der Waals surface area contributed by atoms with Gasteiger partial charge in [0.05, 0.1) is 12.7 Å². The lowest BCUT2D eigenvalue weighted by atomic mass is 9.72. The summed E-state index contributed by atoms with van der Waals surface area (Å²) >= 11 is 0. The number of aliphatic carboxylic acids is 1. The lowest BCUT2D eigenvalue weighted by molar-refractivity contribution is -0.192. The van der Waals surface area contributed by atoms with E-state index in [1.165, 1.54) is 64.6 Å². The molecule has 0 aromatic carbocycles. The molecule has 4 rings (SSSR count). The number of halogens is 3. The SMILES string of the molecule is C1COC2CCN(CC3CCOCC3)CC2(COCC2CC2)C1.O=C(O)C(F)(F)F. The summed E-state index contributed by atoms with van der Waals surface area (Å²) in [6, 6.07) is 0. The van der Waals surface area contributed by atoms with Crippen LogP contribution in [0.3, 0.4) is 0 Å². The molecule has 6 nitrogen and oxygen atoms in total. The predicted octanol–water partition coefficient (Wildman–Crippen LogP) is 3.34. The zero-order valence-corrected chi connectivity index (χ0v) is 17.5. The minimum absolute atomic E-state index is 0.260. The average Bonchev–Trinajstić information content (AvgIpc) is 3.53. The van der Waals surface area contributed by atoms with E-state index in [1.54, 1.807) is 0 Å². The molecule has 9 heteroatoms. The van der Waals surface area contributed by atoms with Gasteiger partial charge in [-0.1, -0.05) is 0 Å². The van der Waals surface area contributed by atoms with Crippen molar-refractivity contribution < 1.29 is 37.3 Å². The molecule has 3 aliphatic heterocycles. The molecule has 0 aromatic heterocycles. The standard InChI is InChI=1S/C19H33NO3.C2HF3O2/c1-7-19(15-22-13-17-2-3-17)14-20(8-4-18(19)23-9-1)12-16-5-10-21-11-6-16;3-2(4,5)1(6)7/h16-18H,1-15H2;(H,6,7). The zero-order chi connectivity index (χ0) is 21.6. The van der Waals surface area contributed by atoms with Crippen molar-refractivity contribution >= 4 is 5.97 Å². The summed E-state index contributed by atoms with van der Waals surface area (Å²) in [5.41, 5.74) is 0.260. The molecular weight excluding hydrogens is 403 g/mol. The number of piperidine rings is 1. The van der Waals surface area contributed by atoms with E-state index in [2.05, 4.69) is 4.90 Å². The van der Waals surface area contributed by atoms with Crippen LogP contribution >= 0.6 is 0 Å². The predicted molar refractivity (Wildman–Crippen MR) is 103 cm³/mol. The molecule has 174 valence electrons. The Bertz CT molecular complexity index is 551. The van der Waals surface area contributed by atoms with Crippen molar-refractivity contribution in [1.82, 2.24) is 4.90 Å². The third kappa shape index (κ3) is 7.07. The molecule has 4 fully saturated rings. The van der Waals surface area contributed by atoms with E-state index in [0.29, 0.717) is 6.10 Å². The fourth-order valence-corrected chi connectivity index (χ4v) is 4.76. The highest BCUT2D eigenvalue weighted by Crippen LogP contribution is 2.41. The maximum atomic E-state index is 10.6. The van der Waals surface area contributed by atoms with Gasteiger partial charge < -0.3 is 24.2 Å². The van der Waals surface area contributed by atoms with Gasteiger partial charge in [0.2, 0.25) is 0 Å². The number of alkyl halides is 3. The van der Waals surface area contributed by atoms with Crippen LogP contribution < -0.4 is 0 Å². The third-order valence-corrected chi connectivity index (χ3v) is 6.61. The van der Waals surface area contributed by atoms with E-state index < -0.39 is 12.1 Å². The lowest BCUT2D eigenvalue weighted by Crippen LogP contribution is -2.57. The van der Waals surface area contributed by atoms with Crippen LogP contribution in [0.5, 0.6) is 0 Å². The maximum absolute atomic E-state index is 10.6. The van der Waals surface area contributed by atoms with Crippen LogP contribution in [0.15, 0.2) is 0 Å². The van der Waals surface area contributed by atoms with Crippen molar-refractivity contribution in [3.05, 3.63) is 0 Å². The first-order chi connectivity index (χ1) is 14.3. The maximum Gasteiger partial charge on any atom is 0.490 e. The van der Waals surface area contributed by atoms with Gasteiger partial charge in [0.1, 0.15) is 0 Å². The highest BCUT2D eigenvalue weighted by molar-refractivity contribution is 5.73. The van der Waals surface area contributed by atoms with E-state index >= 15 is 0 Å². The van der Waals surface area contributed by atoms with Crippen LogP contribution in [-0.4, -0.2) is 80.9 Å². The van der Waals surface area contributed by atoms with Crippen molar-refractivity contribution in [3.8, 4) is 0 Å². The van der Waals surface area contributed by atoms with Crippen molar-refractivity contribution in [2.45, 2.75) is 57.2 Å². The van der Waals surface area contributed by atoms with Gasteiger partial charge in [-0.05, 0) is 56.8 Å². The minimum Gasteiger partial charge on any atom is -0.475 e. The number of ether oxygens (including phenoxy) is 3. The second-order valence-electron chi connectivity index (χ2n) is 9.17. The van der Waals surface area contributed by atoms with Crippen LogP contribution in [0.25, 0.3) is 0 Å². The monoisotopic (exact) mass is 437 g/mol. The van der Waals surface area contributed by atoms with Gasteiger partial charge in [0.15, 0.2) is 0 Å². The van der Waals surface area contributed by atoms with Crippen LogP contribution in [0.1, 0.15) is 44.9 Å². The topological polar surface area (TPSA) is 68.2 Å². The normalized spacial score (nSPS) is 30.8. The van der Waals surface area contributed by atoms with Crippen LogP contribution in [0, 0.1) is 17.3 Å². The number of carboxylic acids is 1. The zero-order valence-electron chi connectivity index (χ0n) is 17.5. The van der Waals surface area contributed by atoms with Gasteiger partial charge in [0, 0.05) is 51.5 Å². The Morgan fingerprint density at radius 2 is 1.80 bits per heavy atom. The third-order valence-electron chi connectivity index (χ3n) is 6.61. The van der Waals surface area contributed by atoms with Gasteiger partial charge in [-0.3, -0.25) is 0 Å². The molecule has 3 saturated heterocycles. The number of nitrogens with zero attached hydrogens (tertiary/aromatic N) is 1. The highest BCUT2D eigenvalue weighted by atomic mass is 19.4. The Morgan fingerprint density at radius 1 is 1.10 bits per heavy atom. The number of likely N-dealkylation sites (tertiary alicyclic amines) is 1. The summed E-state index contributed by atoms with van der Waals surface area (Å²) in [4.78, 5) is 11.6. The summed E-state index contributed by atoms with van der Waals surface area (Å²) in [6.45, 7) is 8.40. The van der Waals surface area contributed by atoms with Crippen molar-refractivity contribution in [1.29, 1.82) is 0 Å². The van der Waals surface area contributed by atoms with E-state index in [0.717, 1.165) is 44.9 Å². The second kappa shape index (κ2) is 10.6. The Kier molecular flexibility index (Phi) is 8.40. The first kappa shape index (κ1) is 23.8. The highest BCUT2D eigenvalue weighted by Gasteiger charge is 2.46. The molecule has 2 unspecified atom stereocenters. The summed E-state index contributed by atoms with van der Waals surface area (Å²) in [5.74, 6) is -1.07. The number of rotatable bonds is 6. The average molecular weight is 437 g/mol. The van der Waals surface area contributed by atoms with Gasteiger partial charge >= 0.3 is 12.1 Å². The fourth-order valence-electron chi connectivity index (χ4n) is 4.76. The minimum atomic E-state index is -5.08. The molecule has 1 saturated carbocycles. The number of fused-ring (bicyclic) bond motifs is 1. The molecule has 0 amide bonds. The van der Waals surface area contributed by atoms with Crippen LogP contribution in [0.2, 0.25) is 0 Å². The van der Waals surface area contributed by atoms with E-state index in [1.807, 2.05) is 0 Å². The molecule has 0 radical (unpaired) electrons. The van der Waals surface area contributed by atoms with E-state index in [9.17, 15) is 13.2 Å². The Hall–Kier alpha value is -0.900. The van der Waals surface area contributed by atoms with Crippen molar-refractivity contribution in [3.63, 3.8) is 0 Å². The second-order valence-corrected chi connectivity index (χ2v) is 9.17. The summed E-state index contributed by atoms with van der Waals surface area (Å²) in [6.07, 6.45) is 4.26. The Balaban J connectivity index is 0.000000318. The molecule has 0 bridgehead atoms. The first-order valence-electron chi connectivity index (χ1n) is 11.1. The smallest absolute Gasteiger partial charge is 0.475 e. The first-order valence-corrected chi connectivity index (χ1v) is 11.1. The van der Waals surface area contributed by atoms with Crippen LogP contribution in [0.4, 0.5) is 13.2 Å². The molecule has 1 N–H and O–H groups in total. The number of hydrogen-bond donors (Lipinski definition) is 1. The van der Waals surface area contributed by atoms with Gasteiger partial charge in [0.25, 0.3) is 0 Å². The summed E-state index contributed by atoms with van der Waals surface area (Å²) < 4.78 is 49.6. The van der Waals surface area contributed by atoms with Gasteiger partial charge in [-0.2, -0.15) is 13.2 Å². The van der Waals surface area contributed by atoms with Crippen molar-refractivity contribution in [2.75, 3.05) is 52.7 Å². The molecular formula is C21H34F3NO5. The molecule has 0 aromatic rings. The largest absolute Gasteiger partial charge is 0.490 e. The molecule has 0 spiro atoms. The molecule has 1 aliphatic carbocycles. The quantitative estimate of drug-likeness (QED) is 0.688. The number of carboxylic acid groups (broad SMARTS) is 1. The fraction of sp³-hybridized carbons (Fsp3) is 0.952. The molecule has 30 heavy (non-hydrogen) atoms. The van der Waals surface area contributed by atoms with E-state index in [4.69, 9.17) is 24.1 Å².